The van der Waals surface area contributed by atoms with Gasteiger partial charge in [0.25, 0.3) is 0 Å². The number of nitrogens with zero attached hydrogens (tertiary/aromatic N) is 1. The van der Waals surface area contributed by atoms with E-state index in [-0.39, 0.29) is 5.91 Å². The van der Waals surface area contributed by atoms with Gasteiger partial charge >= 0.3 is 0 Å². The summed E-state index contributed by atoms with van der Waals surface area (Å²) in [5.41, 5.74) is 0.850. The van der Waals surface area contributed by atoms with Crippen LogP contribution in [0.4, 0.5) is 0 Å². The molecular formula is C16H22Cl2N2O. The van der Waals surface area contributed by atoms with Gasteiger partial charge in [-0.1, -0.05) is 29.3 Å². The third kappa shape index (κ3) is 4.87. The third-order valence-electron chi connectivity index (χ3n) is 4.13. The number of carbonyl (C=O) groups excluding carboxylic acids is 1. The summed E-state index contributed by atoms with van der Waals surface area (Å²) in [5, 5.41) is 4.35. The van der Waals surface area contributed by atoms with Crippen LogP contribution in [0.1, 0.15) is 24.8 Å². The maximum atomic E-state index is 12.3. The van der Waals surface area contributed by atoms with Crippen LogP contribution in [0, 0.1) is 5.92 Å². The fourth-order valence-corrected chi connectivity index (χ4v) is 3.23. The summed E-state index contributed by atoms with van der Waals surface area (Å²) in [6.07, 6.45) is 3.75. The van der Waals surface area contributed by atoms with Crippen LogP contribution >= 0.6 is 23.2 Å². The zero-order valence-electron chi connectivity index (χ0n) is 12.4. The van der Waals surface area contributed by atoms with E-state index in [1.54, 1.807) is 12.1 Å². The quantitative estimate of drug-likeness (QED) is 0.898. The number of benzene rings is 1. The summed E-state index contributed by atoms with van der Waals surface area (Å²) in [5.74, 6) is 0.895. The molecule has 0 radical (unpaired) electrons. The van der Waals surface area contributed by atoms with Crippen molar-refractivity contribution < 1.29 is 4.79 Å². The first-order valence-corrected chi connectivity index (χ1v) is 8.22. The molecule has 3 nitrogen and oxygen atoms in total. The summed E-state index contributed by atoms with van der Waals surface area (Å²) in [6, 6.07) is 5.30. The predicted molar refractivity (Wildman–Crippen MR) is 88.0 cm³/mol. The van der Waals surface area contributed by atoms with Crippen LogP contribution in [0.25, 0.3) is 0 Å². The van der Waals surface area contributed by atoms with Gasteiger partial charge in [0.1, 0.15) is 0 Å². The van der Waals surface area contributed by atoms with Crippen LogP contribution in [-0.4, -0.2) is 37.5 Å². The Morgan fingerprint density at radius 1 is 1.33 bits per heavy atom. The SMILES string of the molecule is CNCCC1CCN(C(=O)Cc2ccc(Cl)cc2Cl)CC1. The molecule has 2 rings (SSSR count). The van der Waals surface area contributed by atoms with Crippen molar-refractivity contribution in [3.8, 4) is 0 Å². The van der Waals surface area contributed by atoms with Gasteiger partial charge in [0, 0.05) is 23.1 Å². The van der Waals surface area contributed by atoms with Crippen molar-refractivity contribution in [2.75, 3.05) is 26.7 Å². The van der Waals surface area contributed by atoms with E-state index < -0.39 is 0 Å². The molecule has 0 atom stereocenters. The first kappa shape index (κ1) is 16.6. The Morgan fingerprint density at radius 3 is 2.67 bits per heavy atom. The van der Waals surface area contributed by atoms with Crippen molar-refractivity contribution in [2.24, 2.45) is 5.92 Å². The summed E-state index contributed by atoms with van der Waals surface area (Å²) < 4.78 is 0. The number of hydrogen-bond acceptors (Lipinski definition) is 2. The Labute approximate surface area is 136 Å². The van der Waals surface area contributed by atoms with Crippen molar-refractivity contribution in [1.82, 2.24) is 10.2 Å². The van der Waals surface area contributed by atoms with Gasteiger partial charge in [-0.25, -0.2) is 0 Å². The molecule has 0 aromatic heterocycles. The van der Waals surface area contributed by atoms with Gasteiger partial charge in [0.2, 0.25) is 5.91 Å². The van der Waals surface area contributed by atoms with E-state index in [2.05, 4.69) is 5.32 Å². The van der Waals surface area contributed by atoms with Crippen molar-refractivity contribution in [3.05, 3.63) is 33.8 Å². The fourth-order valence-electron chi connectivity index (χ4n) is 2.76. The molecular weight excluding hydrogens is 307 g/mol. The Hall–Kier alpha value is -0.770. The third-order valence-corrected chi connectivity index (χ3v) is 4.71. The first-order chi connectivity index (χ1) is 10.1. The highest BCUT2D eigenvalue weighted by Crippen LogP contribution is 2.24. The monoisotopic (exact) mass is 328 g/mol. The average Bonchev–Trinajstić information content (AvgIpc) is 2.48. The van der Waals surface area contributed by atoms with Crippen molar-refractivity contribution in [3.63, 3.8) is 0 Å². The molecule has 116 valence electrons. The molecule has 0 aliphatic carbocycles. The van der Waals surface area contributed by atoms with Crippen LogP contribution in [-0.2, 0) is 11.2 Å². The van der Waals surface area contributed by atoms with Crippen LogP contribution in [0.3, 0.4) is 0 Å². The minimum atomic E-state index is 0.159. The lowest BCUT2D eigenvalue weighted by Gasteiger charge is -2.32. The van der Waals surface area contributed by atoms with Crippen molar-refractivity contribution in [2.45, 2.75) is 25.7 Å². The highest BCUT2D eigenvalue weighted by atomic mass is 35.5. The molecule has 1 N–H and O–H groups in total. The lowest BCUT2D eigenvalue weighted by atomic mass is 9.93. The molecule has 1 aliphatic rings. The maximum Gasteiger partial charge on any atom is 0.227 e. The van der Waals surface area contributed by atoms with Crippen LogP contribution in [0.5, 0.6) is 0 Å². The zero-order chi connectivity index (χ0) is 15.2. The molecule has 1 heterocycles. The Bertz CT molecular complexity index is 485. The second-order valence-electron chi connectivity index (χ2n) is 5.63. The number of hydrogen-bond donors (Lipinski definition) is 1. The minimum absolute atomic E-state index is 0.159. The zero-order valence-corrected chi connectivity index (χ0v) is 13.9. The van der Waals surface area contributed by atoms with Gasteiger partial charge in [-0.05, 0) is 56.5 Å². The van der Waals surface area contributed by atoms with Gasteiger partial charge in [-0.3, -0.25) is 4.79 Å². The van der Waals surface area contributed by atoms with E-state index in [4.69, 9.17) is 23.2 Å². The standard InChI is InChI=1S/C16H22Cl2N2O/c1-19-7-4-12-5-8-20(9-6-12)16(21)10-13-2-3-14(17)11-15(13)18/h2-3,11-12,19H,4-10H2,1H3. The Morgan fingerprint density at radius 2 is 2.05 bits per heavy atom. The van der Waals surface area contributed by atoms with Gasteiger partial charge in [0.05, 0.1) is 6.42 Å². The number of piperidine rings is 1. The summed E-state index contributed by atoms with van der Waals surface area (Å²) >= 11 is 12.0. The van der Waals surface area contributed by atoms with E-state index in [1.165, 1.54) is 6.42 Å². The molecule has 0 spiro atoms. The molecule has 5 heteroatoms. The largest absolute Gasteiger partial charge is 0.342 e. The predicted octanol–water partition coefficient (Wildman–Crippen LogP) is 3.38. The molecule has 0 bridgehead atoms. The van der Waals surface area contributed by atoms with Gasteiger partial charge < -0.3 is 10.2 Å². The topological polar surface area (TPSA) is 32.3 Å². The lowest BCUT2D eigenvalue weighted by Crippen LogP contribution is -2.39. The number of carbonyl (C=O) groups is 1. The highest BCUT2D eigenvalue weighted by Gasteiger charge is 2.22. The van der Waals surface area contributed by atoms with E-state index in [0.29, 0.717) is 16.5 Å². The fraction of sp³-hybridized carbons (Fsp3) is 0.562. The Kier molecular flexibility index (Phi) is 6.34. The molecule has 1 aromatic carbocycles. The molecule has 1 amide bonds. The molecule has 1 fully saturated rings. The van der Waals surface area contributed by atoms with Crippen molar-refractivity contribution >= 4 is 29.1 Å². The summed E-state index contributed by atoms with van der Waals surface area (Å²) in [7, 11) is 1.98. The lowest BCUT2D eigenvalue weighted by molar-refractivity contribution is -0.131. The highest BCUT2D eigenvalue weighted by molar-refractivity contribution is 6.35. The number of likely N-dealkylation sites (tertiary alicyclic amines) is 1. The maximum absolute atomic E-state index is 12.3. The van der Waals surface area contributed by atoms with Crippen molar-refractivity contribution in [1.29, 1.82) is 0 Å². The Balaban J connectivity index is 1.84. The number of nitrogens with one attached hydrogen (secondary N) is 1. The number of amides is 1. The molecule has 0 saturated carbocycles. The number of rotatable bonds is 5. The van der Waals surface area contributed by atoms with E-state index in [1.807, 2.05) is 18.0 Å². The molecule has 0 unspecified atom stereocenters. The normalized spacial score (nSPS) is 16.2. The second-order valence-corrected chi connectivity index (χ2v) is 6.47. The first-order valence-electron chi connectivity index (χ1n) is 7.46. The molecule has 1 aromatic rings. The molecule has 21 heavy (non-hydrogen) atoms. The van der Waals surface area contributed by atoms with Crippen LogP contribution in [0.2, 0.25) is 10.0 Å². The smallest absolute Gasteiger partial charge is 0.227 e. The van der Waals surface area contributed by atoms with E-state index in [9.17, 15) is 4.79 Å². The second kappa shape index (κ2) is 8.02. The van der Waals surface area contributed by atoms with Gasteiger partial charge in [-0.2, -0.15) is 0 Å². The summed E-state index contributed by atoms with van der Waals surface area (Å²) in [4.78, 5) is 14.3. The molecule has 1 saturated heterocycles. The van der Waals surface area contributed by atoms with Gasteiger partial charge in [0.15, 0.2) is 0 Å². The summed E-state index contributed by atoms with van der Waals surface area (Å²) in [6.45, 7) is 2.77. The van der Waals surface area contributed by atoms with E-state index in [0.717, 1.165) is 44.0 Å². The van der Waals surface area contributed by atoms with Crippen LogP contribution < -0.4 is 5.32 Å². The van der Waals surface area contributed by atoms with Crippen LogP contribution in [0.15, 0.2) is 18.2 Å². The van der Waals surface area contributed by atoms with E-state index >= 15 is 0 Å². The number of halogens is 2. The van der Waals surface area contributed by atoms with Gasteiger partial charge in [-0.15, -0.1) is 0 Å². The minimum Gasteiger partial charge on any atom is -0.342 e. The average molecular weight is 329 g/mol. The molecule has 1 aliphatic heterocycles.